The van der Waals surface area contributed by atoms with Gasteiger partial charge in [0.1, 0.15) is 34.5 Å². The Morgan fingerprint density at radius 2 is 1.76 bits per heavy atom. The van der Waals surface area contributed by atoms with Crippen molar-refractivity contribution in [1.29, 1.82) is 0 Å². The van der Waals surface area contributed by atoms with E-state index in [1.165, 1.54) is 4.90 Å². The van der Waals surface area contributed by atoms with E-state index in [-0.39, 0.29) is 37.3 Å². The second-order valence-corrected chi connectivity index (χ2v) is 16.9. The molecule has 2 saturated carbocycles. The highest BCUT2D eigenvalue weighted by Crippen LogP contribution is 2.46. The molecular formula is C35H45N5O9S. The number of carbonyl (C=O) groups excluding carboxylic acids is 5. The Labute approximate surface area is 291 Å². The lowest BCUT2D eigenvalue weighted by Gasteiger charge is -2.30. The van der Waals surface area contributed by atoms with Crippen LogP contribution < -0.4 is 20.8 Å². The van der Waals surface area contributed by atoms with E-state index in [0.29, 0.717) is 31.2 Å². The minimum atomic E-state index is -3.90. The van der Waals surface area contributed by atoms with Crippen molar-refractivity contribution in [1.82, 2.24) is 25.7 Å². The minimum Gasteiger partial charge on any atom is -0.444 e. The molecule has 3 heterocycles. The number of alkyl carbamates (subject to hydrolysis) is 1. The number of hydrogen-bond acceptors (Lipinski definition) is 10. The number of ether oxygens (including phenoxy) is 1. The number of sulfonamides is 1. The molecule has 4 N–H and O–H groups in total. The molecule has 0 bridgehead atoms. The normalized spacial score (nSPS) is 30.1. The van der Waals surface area contributed by atoms with Gasteiger partial charge in [-0.3, -0.25) is 34.2 Å². The van der Waals surface area contributed by atoms with Crippen LogP contribution in [0.2, 0.25) is 0 Å². The highest BCUT2D eigenvalue weighted by molar-refractivity contribution is 7.91. The van der Waals surface area contributed by atoms with E-state index in [4.69, 9.17) is 9.57 Å². The Kier molecular flexibility index (Phi) is 9.59. The molecule has 0 aromatic heterocycles. The van der Waals surface area contributed by atoms with Crippen molar-refractivity contribution in [2.45, 2.75) is 113 Å². The second kappa shape index (κ2) is 13.5. The summed E-state index contributed by atoms with van der Waals surface area (Å²) in [6.07, 6.45) is 8.63. The minimum absolute atomic E-state index is 0.0825. The third-order valence-corrected chi connectivity index (χ3v) is 11.5. The smallest absolute Gasteiger partial charge is 0.408 e. The van der Waals surface area contributed by atoms with Crippen LogP contribution in [0.25, 0.3) is 0 Å². The number of carbonyl (C=O) groups is 5. The van der Waals surface area contributed by atoms with Crippen LogP contribution in [0.1, 0.15) is 88.9 Å². The summed E-state index contributed by atoms with van der Waals surface area (Å²) in [5.41, 5.74) is -0.405. The van der Waals surface area contributed by atoms with Crippen molar-refractivity contribution >= 4 is 39.6 Å². The van der Waals surface area contributed by atoms with Gasteiger partial charge in [-0.1, -0.05) is 55.3 Å². The number of Topliss-reactive ketones (excluding diaryl/α,β-unsaturated/α-hetero) is 1. The third kappa shape index (κ3) is 7.73. The first kappa shape index (κ1) is 35.6. The highest BCUT2D eigenvalue weighted by Gasteiger charge is 2.63. The number of allylic oxidation sites excluding steroid dienone is 2. The van der Waals surface area contributed by atoms with Crippen molar-refractivity contribution in [2.24, 2.45) is 5.92 Å². The number of hydrogen-bond donors (Lipinski definition) is 4. The van der Waals surface area contributed by atoms with Crippen molar-refractivity contribution in [3.63, 3.8) is 0 Å². The first-order valence-corrected chi connectivity index (χ1v) is 18.8. The summed E-state index contributed by atoms with van der Waals surface area (Å²) in [6.45, 7) is 4.98. The van der Waals surface area contributed by atoms with Gasteiger partial charge in [0.15, 0.2) is 0 Å². The number of benzene rings is 1. The SMILES string of the molecule is CC(C)(C)OC(=O)N[C@H]1CCCCCC=C[C@@H]2C[C@@]2(C(=O)NS(=O)(=O)C2CC2)NC(=O)[C@@H]2C[C@]3(C=C(C(=O)c4ccccc4)NO3)CN2C1=O. The van der Waals surface area contributed by atoms with Gasteiger partial charge in [-0.15, -0.1) is 0 Å². The van der Waals surface area contributed by atoms with E-state index in [2.05, 4.69) is 20.8 Å². The average Bonchev–Trinajstić information content (AvgIpc) is 3.96. The number of fused-ring (bicyclic) bond motifs is 2. The first-order valence-electron chi connectivity index (χ1n) is 17.2. The predicted octanol–water partition coefficient (Wildman–Crippen LogP) is 2.52. The van der Waals surface area contributed by atoms with Crippen LogP contribution in [-0.2, 0) is 34.0 Å². The molecule has 15 heteroatoms. The third-order valence-electron chi connectivity index (χ3n) is 9.68. The van der Waals surface area contributed by atoms with Gasteiger partial charge in [-0.2, -0.15) is 0 Å². The fourth-order valence-corrected chi connectivity index (χ4v) is 8.17. The molecule has 3 aliphatic heterocycles. The van der Waals surface area contributed by atoms with Crippen molar-refractivity contribution in [3.05, 3.63) is 59.8 Å². The largest absolute Gasteiger partial charge is 0.444 e. The Bertz CT molecular complexity index is 1720. The number of ketones is 1. The Hall–Kier alpha value is -4.24. The maximum atomic E-state index is 14.4. The first-order chi connectivity index (χ1) is 23.6. The number of nitrogens with zero attached hydrogens (tertiary/aromatic N) is 1. The Balaban J connectivity index is 1.32. The quantitative estimate of drug-likeness (QED) is 0.252. The van der Waals surface area contributed by atoms with E-state index >= 15 is 0 Å². The molecule has 5 atom stereocenters. The molecule has 4 amide bonds. The fourth-order valence-electron chi connectivity index (χ4n) is 6.80. The maximum absolute atomic E-state index is 14.4. The summed E-state index contributed by atoms with van der Waals surface area (Å²) < 4.78 is 33.2. The lowest BCUT2D eigenvalue weighted by Crippen LogP contribution is -2.58. The van der Waals surface area contributed by atoms with Crippen LogP contribution in [0.15, 0.2) is 54.3 Å². The number of nitrogens with one attached hydrogen (secondary N) is 4. The average molecular weight is 712 g/mol. The van der Waals surface area contributed by atoms with E-state index < -0.39 is 73.8 Å². The molecule has 2 aliphatic carbocycles. The molecule has 0 unspecified atom stereocenters. The zero-order chi connectivity index (χ0) is 35.9. The maximum Gasteiger partial charge on any atom is 0.408 e. The summed E-state index contributed by atoms with van der Waals surface area (Å²) in [7, 11) is -3.90. The fraction of sp³-hybridized carbons (Fsp3) is 0.571. The molecule has 6 rings (SSSR count). The molecule has 3 fully saturated rings. The molecular weight excluding hydrogens is 666 g/mol. The van der Waals surface area contributed by atoms with Gasteiger partial charge in [0.25, 0.3) is 5.91 Å². The zero-order valence-corrected chi connectivity index (χ0v) is 29.3. The monoisotopic (exact) mass is 711 g/mol. The summed E-state index contributed by atoms with van der Waals surface area (Å²) in [5, 5.41) is 4.89. The van der Waals surface area contributed by atoms with Gasteiger partial charge in [0.05, 0.1) is 11.8 Å². The van der Waals surface area contributed by atoms with Gasteiger partial charge in [-0.25, -0.2) is 13.2 Å². The molecule has 1 aromatic carbocycles. The topological polar surface area (TPSA) is 189 Å². The molecule has 50 heavy (non-hydrogen) atoms. The van der Waals surface area contributed by atoms with Crippen molar-refractivity contribution in [2.75, 3.05) is 6.54 Å². The molecule has 1 saturated heterocycles. The van der Waals surface area contributed by atoms with Crippen LogP contribution in [0, 0.1) is 5.92 Å². The molecule has 5 aliphatic rings. The molecule has 1 spiro atoms. The van der Waals surface area contributed by atoms with Gasteiger partial charge < -0.3 is 20.3 Å². The highest BCUT2D eigenvalue weighted by atomic mass is 32.2. The van der Waals surface area contributed by atoms with Gasteiger partial charge >= 0.3 is 6.09 Å². The van der Waals surface area contributed by atoms with E-state index in [1.807, 2.05) is 12.2 Å². The number of amides is 4. The summed E-state index contributed by atoms with van der Waals surface area (Å²) in [6, 6.07) is 6.32. The van der Waals surface area contributed by atoms with E-state index in [9.17, 15) is 32.4 Å². The summed E-state index contributed by atoms with van der Waals surface area (Å²) in [4.78, 5) is 75.8. The van der Waals surface area contributed by atoms with Crippen LogP contribution in [0.4, 0.5) is 4.79 Å². The van der Waals surface area contributed by atoms with Crippen molar-refractivity contribution in [3.8, 4) is 0 Å². The van der Waals surface area contributed by atoms with Crippen LogP contribution in [0.3, 0.4) is 0 Å². The molecule has 0 radical (unpaired) electrons. The van der Waals surface area contributed by atoms with E-state index in [0.717, 1.165) is 12.8 Å². The molecule has 1 aromatic rings. The number of rotatable bonds is 6. The zero-order valence-electron chi connectivity index (χ0n) is 28.5. The van der Waals surface area contributed by atoms with Crippen LogP contribution in [-0.4, -0.2) is 83.5 Å². The van der Waals surface area contributed by atoms with Gasteiger partial charge in [0, 0.05) is 17.9 Å². The van der Waals surface area contributed by atoms with Crippen molar-refractivity contribution < 1.29 is 42.0 Å². The van der Waals surface area contributed by atoms with Crippen LogP contribution in [0.5, 0.6) is 0 Å². The van der Waals surface area contributed by atoms with Gasteiger partial charge in [0.2, 0.25) is 27.6 Å². The second-order valence-electron chi connectivity index (χ2n) is 14.9. The molecule has 14 nitrogen and oxygen atoms in total. The summed E-state index contributed by atoms with van der Waals surface area (Å²) >= 11 is 0. The van der Waals surface area contributed by atoms with E-state index in [1.54, 1.807) is 57.2 Å². The lowest BCUT2D eigenvalue weighted by molar-refractivity contribution is -0.141. The predicted molar refractivity (Wildman–Crippen MR) is 180 cm³/mol. The van der Waals surface area contributed by atoms with Crippen LogP contribution >= 0.6 is 0 Å². The number of hydroxylamine groups is 1. The summed E-state index contributed by atoms with van der Waals surface area (Å²) in [5.74, 6) is -2.85. The Morgan fingerprint density at radius 3 is 2.46 bits per heavy atom. The Morgan fingerprint density at radius 1 is 1.02 bits per heavy atom. The molecule has 270 valence electrons. The van der Waals surface area contributed by atoms with Gasteiger partial charge in [-0.05, 0) is 65.4 Å². The standard InChI is InChI=1S/C35H45N5O9S/c1-33(2,3)48-32(45)36-25-15-11-6-4-5-10-14-23-18-35(23,31(44)39-50(46,47)24-16-17-24)37-29(42)27-20-34(21-40(27)30(25)43)19-26(38-49-34)28(41)22-12-8-7-9-13-22/h7-10,12-14,19,23-25,27,38H,4-6,11,15-18,20-21H2,1-3H3,(H,36,45)(H,37,42)(H,39,44)/t23-,25+,27+,34-,35-/m1/s1. The lowest BCUT2D eigenvalue weighted by atomic mass is 9.97.